The zero-order valence-electron chi connectivity index (χ0n) is 15.5. The number of esters is 1. The van der Waals surface area contributed by atoms with E-state index in [9.17, 15) is 9.90 Å². The summed E-state index contributed by atoms with van der Waals surface area (Å²) in [6, 6.07) is 19.5. The average Bonchev–Trinajstić information content (AvgIpc) is 2.60. The number of carbonyl (C=O) groups is 1. The minimum absolute atomic E-state index is 0.383. The topological polar surface area (TPSA) is 46.5 Å². The lowest BCUT2D eigenvalue weighted by atomic mass is 10.0. The summed E-state index contributed by atoms with van der Waals surface area (Å²) in [7, 11) is 0. The van der Waals surface area contributed by atoms with Crippen molar-refractivity contribution in [1.29, 1.82) is 0 Å². The van der Waals surface area contributed by atoms with Crippen LogP contribution in [-0.4, -0.2) is 28.5 Å². The Balaban J connectivity index is 2.10. The van der Waals surface area contributed by atoms with Crippen LogP contribution in [0.2, 0.25) is 0 Å². The molecule has 0 fully saturated rings. The molecule has 0 bridgehead atoms. The first-order chi connectivity index (χ1) is 12.3. The third-order valence-corrected chi connectivity index (χ3v) is 4.71. The molecule has 0 aliphatic heterocycles. The molecular weight excluding hydrogens is 344 g/mol. The second kappa shape index (κ2) is 9.60. The molecule has 0 aliphatic rings. The number of aliphatic hydroxyl groups is 1. The van der Waals surface area contributed by atoms with Crippen LogP contribution in [-0.2, 0) is 9.53 Å². The average molecular weight is 371 g/mol. The summed E-state index contributed by atoms with van der Waals surface area (Å²) in [5.41, 5.74) is 0.389. The van der Waals surface area contributed by atoms with Gasteiger partial charge in [0.1, 0.15) is 5.60 Å². The third kappa shape index (κ3) is 7.06. The van der Waals surface area contributed by atoms with Crippen molar-refractivity contribution in [1.82, 2.24) is 0 Å². The zero-order valence-corrected chi connectivity index (χ0v) is 16.3. The van der Waals surface area contributed by atoms with Crippen LogP contribution < -0.4 is 0 Å². The maximum Gasteiger partial charge on any atom is 0.313 e. The molecule has 0 spiro atoms. The molecule has 2 atom stereocenters. The van der Waals surface area contributed by atoms with E-state index in [4.69, 9.17) is 4.74 Å². The first-order valence-corrected chi connectivity index (χ1v) is 9.66. The molecule has 2 aromatic rings. The Kier molecular flexibility index (Phi) is 7.49. The molecule has 0 saturated carbocycles. The molecule has 0 heterocycles. The van der Waals surface area contributed by atoms with E-state index in [2.05, 4.69) is 0 Å². The Hall–Kier alpha value is -2.04. The number of carbonyl (C=O) groups excluding carboxylic acids is 1. The summed E-state index contributed by atoms with van der Waals surface area (Å²) in [5.74, 6) is -0.579. The first-order valence-electron chi connectivity index (χ1n) is 8.67. The highest BCUT2D eigenvalue weighted by Crippen LogP contribution is 2.25. The second-order valence-electron chi connectivity index (χ2n) is 7.02. The number of ether oxygens (including phenoxy) is 1. The van der Waals surface area contributed by atoms with Crippen molar-refractivity contribution in [3.05, 3.63) is 72.3 Å². The van der Waals surface area contributed by atoms with Gasteiger partial charge in [-0.05, 0) is 38.5 Å². The highest BCUT2D eigenvalue weighted by Gasteiger charge is 2.30. The number of hydrogen-bond acceptors (Lipinski definition) is 4. The van der Waals surface area contributed by atoms with Crippen LogP contribution in [0.5, 0.6) is 0 Å². The number of hydrogen-bond donors (Lipinski definition) is 1. The van der Waals surface area contributed by atoms with Gasteiger partial charge in [-0.3, -0.25) is 4.79 Å². The standard InChI is InChI=1S/C22H26O3S/c1-22(2,3)25-21(24)19(16-26-18-12-8-5-9-13-18)20(23)15-14-17-10-6-4-7-11-17/h4-15,19-20,23H,16H2,1-3H3/b15-14+/t19-,20-/m1/s1. The largest absolute Gasteiger partial charge is 0.460 e. The van der Waals surface area contributed by atoms with Gasteiger partial charge in [-0.2, -0.15) is 0 Å². The van der Waals surface area contributed by atoms with Crippen LogP contribution in [0, 0.1) is 5.92 Å². The highest BCUT2D eigenvalue weighted by molar-refractivity contribution is 7.99. The molecular formula is C22H26O3S. The monoisotopic (exact) mass is 370 g/mol. The molecule has 1 N–H and O–H groups in total. The van der Waals surface area contributed by atoms with Crippen molar-refractivity contribution in [2.45, 2.75) is 37.4 Å². The lowest BCUT2D eigenvalue weighted by molar-refractivity contribution is -0.161. The molecule has 0 saturated heterocycles. The van der Waals surface area contributed by atoms with E-state index in [0.29, 0.717) is 5.75 Å². The summed E-state index contributed by atoms with van der Waals surface area (Å²) in [4.78, 5) is 13.7. The summed E-state index contributed by atoms with van der Waals surface area (Å²) in [6.45, 7) is 5.50. The van der Waals surface area contributed by atoms with Gasteiger partial charge in [0, 0.05) is 10.6 Å². The van der Waals surface area contributed by atoms with Crippen molar-refractivity contribution in [2.75, 3.05) is 5.75 Å². The lowest BCUT2D eigenvalue weighted by Crippen LogP contribution is -2.35. The number of benzene rings is 2. The van der Waals surface area contributed by atoms with Crippen molar-refractivity contribution in [3.63, 3.8) is 0 Å². The maximum atomic E-state index is 12.6. The molecule has 138 valence electrons. The minimum Gasteiger partial charge on any atom is -0.460 e. The van der Waals surface area contributed by atoms with E-state index < -0.39 is 17.6 Å². The van der Waals surface area contributed by atoms with Crippen molar-refractivity contribution in [3.8, 4) is 0 Å². The Bertz CT molecular complexity index is 705. The van der Waals surface area contributed by atoms with Gasteiger partial charge in [0.2, 0.25) is 0 Å². The van der Waals surface area contributed by atoms with Crippen LogP contribution in [0.1, 0.15) is 26.3 Å². The molecule has 3 nitrogen and oxygen atoms in total. The van der Waals surface area contributed by atoms with E-state index in [1.165, 1.54) is 11.8 Å². The van der Waals surface area contributed by atoms with Gasteiger partial charge in [-0.15, -0.1) is 11.8 Å². The zero-order chi connectivity index (χ0) is 19.0. The molecule has 0 aliphatic carbocycles. The van der Waals surface area contributed by atoms with Gasteiger partial charge in [-0.25, -0.2) is 0 Å². The molecule has 26 heavy (non-hydrogen) atoms. The van der Waals surface area contributed by atoms with Gasteiger partial charge in [0.15, 0.2) is 0 Å². The highest BCUT2D eigenvalue weighted by atomic mass is 32.2. The van der Waals surface area contributed by atoms with E-state index in [1.54, 1.807) is 6.08 Å². The fourth-order valence-corrected chi connectivity index (χ4v) is 3.35. The van der Waals surface area contributed by atoms with Crippen LogP contribution in [0.4, 0.5) is 0 Å². The van der Waals surface area contributed by atoms with Gasteiger partial charge in [0.05, 0.1) is 12.0 Å². The van der Waals surface area contributed by atoms with E-state index in [0.717, 1.165) is 10.5 Å². The Labute approximate surface area is 160 Å². The fraction of sp³-hybridized carbons (Fsp3) is 0.318. The Morgan fingerprint density at radius 1 is 1.08 bits per heavy atom. The summed E-state index contributed by atoms with van der Waals surface area (Å²) < 4.78 is 5.52. The van der Waals surface area contributed by atoms with Crippen molar-refractivity contribution >= 4 is 23.8 Å². The predicted octanol–water partition coefficient (Wildman–Crippen LogP) is 4.81. The number of rotatable bonds is 7. The van der Waals surface area contributed by atoms with Crippen LogP contribution in [0.15, 0.2) is 71.6 Å². The molecule has 0 amide bonds. The molecule has 4 heteroatoms. The summed E-state index contributed by atoms with van der Waals surface area (Å²) >= 11 is 1.54. The Morgan fingerprint density at radius 2 is 1.65 bits per heavy atom. The third-order valence-electron chi connectivity index (χ3n) is 3.58. The minimum atomic E-state index is -0.915. The van der Waals surface area contributed by atoms with Crippen LogP contribution >= 0.6 is 11.8 Å². The fourth-order valence-electron chi connectivity index (χ4n) is 2.29. The van der Waals surface area contributed by atoms with Gasteiger partial charge < -0.3 is 9.84 Å². The van der Waals surface area contributed by atoms with Crippen LogP contribution in [0.3, 0.4) is 0 Å². The van der Waals surface area contributed by atoms with Crippen LogP contribution in [0.25, 0.3) is 6.08 Å². The first kappa shape index (κ1) is 20.3. The summed E-state index contributed by atoms with van der Waals surface area (Å²) in [6.07, 6.45) is 2.58. The van der Waals surface area contributed by atoms with Gasteiger partial charge in [-0.1, -0.05) is 60.7 Å². The molecule has 2 rings (SSSR count). The maximum absolute atomic E-state index is 12.6. The lowest BCUT2D eigenvalue weighted by Gasteiger charge is -2.25. The second-order valence-corrected chi connectivity index (χ2v) is 8.12. The van der Waals surface area contributed by atoms with E-state index in [-0.39, 0.29) is 5.97 Å². The molecule has 0 unspecified atom stereocenters. The van der Waals surface area contributed by atoms with Crippen molar-refractivity contribution < 1.29 is 14.6 Å². The summed E-state index contributed by atoms with van der Waals surface area (Å²) in [5, 5.41) is 10.6. The van der Waals surface area contributed by atoms with E-state index in [1.807, 2.05) is 87.5 Å². The van der Waals surface area contributed by atoms with Crippen molar-refractivity contribution in [2.24, 2.45) is 5.92 Å². The SMILES string of the molecule is CC(C)(C)OC(=O)[C@H](CSc1ccccc1)[C@H](O)/C=C/c1ccccc1. The van der Waals surface area contributed by atoms with Gasteiger partial charge in [0.25, 0.3) is 0 Å². The normalized spacial score (nSPS) is 14.2. The molecule has 2 aromatic carbocycles. The number of aliphatic hydroxyl groups excluding tert-OH is 1. The van der Waals surface area contributed by atoms with E-state index >= 15 is 0 Å². The smallest absolute Gasteiger partial charge is 0.313 e. The predicted molar refractivity (Wildman–Crippen MR) is 108 cm³/mol. The number of thioether (sulfide) groups is 1. The molecule has 0 aromatic heterocycles. The quantitative estimate of drug-likeness (QED) is 0.561. The van der Waals surface area contributed by atoms with Gasteiger partial charge >= 0.3 is 5.97 Å². The molecule has 0 radical (unpaired) electrons. The Morgan fingerprint density at radius 3 is 2.23 bits per heavy atom.